The number of amides is 1. The number of thioether (sulfide) groups is 1. The molecular formula is C26H27ClN2O6S. The van der Waals surface area contributed by atoms with Crippen molar-refractivity contribution < 1.29 is 28.2 Å². The molecule has 190 valence electrons. The van der Waals surface area contributed by atoms with E-state index in [0.717, 1.165) is 11.1 Å². The van der Waals surface area contributed by atoms with Crippen LogP contribution in [0.4, 0.5) is 5.69 Å². The Balaban J connectivity index is 1.59. The number of carbonyl (C=O) groups is 2. The Morgan fingerprint density at radius 2 is 1.97 bits per heavy atom. The number of rotatable bonds is 9. The highest BCUT2D eigenvalue weighted by molar-refractivity contribution is 8.01. The summed E-state index contributed by atoms with van der Waals surface area (Å²) in [6.07, 6.45) is 3.20. The number of methoxy groups -OCH3 is 3. The quantitative estimate of drug-likeness (QED) is 0.375. The van der Waals surface area contributed by atoms with Crippen LogP contribution in [-0.4, -0.2) is 43.4 Å². The lowest BCUT2D eigenvalue weighted by atomic mass is 10.0. The molecule has 1 aliphatic rings. The van der Waals surface area contributed by atoms with Gasteiger partial charge < -0.3 is 23.9 Å². The molecule has 36 heavy (non-hydrogen) atoms. The van der Waals surface area contributed by atoms with Crippen LogP contribution in [0.25, 0.3) is 0 Å². The van der Waals surface area contributed by atoms with Gasteiger partial charge in [0.15, 0.2) is 17.4 Å². The average molecular weight is 531 g/mol. The summed E-state index contributed by atoms with van der Waals surface area (Å²) in [5.74, 6) is 1.93. The minimum absolute atomic E-state index is 0.106. The average Bonchev–Trinajstić information content (AvgIpc) is 3.30. The van der Waals surface area contributed by atoms with Crippen molar-refractivity contribution in [3.05, 3.63) is 70.4 Å². The van der Waals surface area contributed by atoms with Crippen LogP contribution in [0.15, 0.2) is 47.0 Å². The maximum atomic E-state index is 13.2. The Labute approximate surface area is 218 Å². The van der Waals surface area contributed by atoms with Gasteiger partial charge in [-0.25, -0.2) is 4.98 Å². The maximum Gasteiger partial charge on any atom is 0.305 e. The van der Waals surface area contributed by atoms with Crippen molar-refractivity contribution in [2.75, 3.05) is 26.6 Å². The maximum absolute atomic E-state index is 13.2. The van der Waals surface area contributed by atoms with Crippen LogP contribution in [-0.2, 0) is 27.2 Å². The van der Waals surface area contributed by atoms with E-state index in [9.17, 15) is 9.59 Å². The topological polar surface area (TPSA) is 99.9 Å². The van der Waals surface area contributed by atoms with Crippen LogP contribution in [0.5, 0.6) is 11.5 Å². The summed E-state index contributed by atoms with van der Waals surface area (Å²) < 4.78 is 21.7. The molecule has 1 aliphatic heterocycles. The number of aryl methyl sites for hydroxylation is 2. The van der Waals surface area contributed by atoms with Gasteiger partial charge in [0.25, 0.3) is 0 Å². The zero-order valence-corrected chi connectivity index (χ0v) is 21.8. The molecule has 8 nitrogen and oxygen atoms in total. The van der Waals surface area contributed by atoms with Crippen molar-refractivity contribution >= 4 is 40.9 Å². The number of oxazole rings is 1. The summed E-state index contributed by atoms with van der Waals surface area (Å²) in [5, 5.41) is 2.99. The Morgan fingerprint density at radius 3 is 2.72 bits per heavy atom. The van der Waals surface area contributed by atoms with E-state index in [4.69, 9.17) is 25.5 Å². The first-order valence-electron chi connectivity index (χ1n) is 11.4. The molecule has 1 amide bonds. The summed E-state index contributed by atoms with van der Waals surface area (Å²) >= 11 is 7.88. The third-order valence-electron chi connectivity index (χ3n) is 5.89. The van der Waals surface area contributed by atoms with Gasteiger partial charge >= 0.3 is 5.97 Å². The van der Waals surface area contributed by atoms with Gasteiger partial charge in [-0.1, -0.05) is 23.7 Å². The fourth-order valence-electron chi connectivity index (χ4n) is 4.10. The van der Waals surface area contributed by atoms with E-state index in [-0.39, 0.29) is 23.5 Å². The number of esters is 1. The van der Waals surface area contributed by atoms with Gasteiger partial charge in [0.1, 0.15) is 5.76 Å². The first kappa shape index (κ1) is 25.9. The van der Waals surface area contributed by atoms with Crippen molar-refractivity contribution in [3.63, 3.8) is 0 Å². The molecule has 0 unspecified atom stereocenters. The molecule has 0 fully saturated rings. The fraction of sp³-hybridized carbons (Fsp3) is 0.346. The number of fused-ring (bicyclic) bond motifs is 1. The minimum atomic E-state index is -0.400. The molecule has 0 spiro atoms. The molecule has 2 aromatic carbocycles. The van der Waals surface area contributed by atoms with Gasteiger partial charge in [0.05, 0.1) is 44.4 Å². The largest absolute Gasteiger partial charge is 0.493 e. The van der Waals surface area contributed by atoms with Crippen molar-refractivity contribution in [2.24, 2.45) is 0 Å². The number of anilines is 1. The molecule has 0 aliphatic carbocycles. The van der Waals surface area contributed by atoms with E-state index in [0.29, 0.717) is 53.1 Å². The van der Waals surface area contributed by atoms with Gasteiger partial charge in [-0.2, -0.15) is 0 Å². The monoisotopic (exact) mass is 530 g/mol. The molecule has 2 heterocycles. The molecule has 2 atom stereocenters. The highest BCUT2D eigenvalue weighted by Crippen LogP contribution is 2.50. The van der Waals surface area contributed by atoms with Crippen LogP contribution < -0.4 is 14.8 Å². The summed E-state index contributed by atoms with van der Waals surface area (Å²) in [6.45, 7) is 0. The van der Waals surface area contributed by atoms with Gasteiger partial charge in [0, 0.05) is 29.1 Å². The fourth-order valence-corrected chi connectivity index (χ4v) is 5.72. The minimum Gasteiger partial charge on any atom is -0.493 e. The molecule has 10 heteroatoms. The molecule has 3 aromatic rings. The molecule has 0 radical (unpaired) electrons. The number of hydrogen-bond donors (Lipinski definition) is 1. The number of carbonyl (C=O) groups excluding carboxylic acids is 2. The van der Waals surface area contributed by atoms with Crippen molar-refractivity contribution in [3.8, 4) is 11.5 Å². The lowest BCUT2D eigenvalue weighted by Crippen LogP contribution is -2.24. The van der Waals surface area contributed by atoms with Gasteiger partial charge in [-0.15, -0.1) is 11.8 Å². The third-order valence-corrected chi connectivity index (χ3v) is 7.68. The summed E-state index contributed by atoms with van der Waals surface area (Å²) in [7, 11) is 4.55. The zero-order valence-electron chi connectivity index (χ0n) is 20.2. The number of nitrogens with one attached hydrogen (secondary N) is 1. The summed E-state index contributed by atoms with van der Waals surface area (Å²) in [6, 6.07) is 11.2. The number of benzene rings is 2. The Hall–Kier alpha value is -3.17. The molecule has 0 bridgehead atoms. The van der Waals surface area contributed by atoms with E-state index in [1.807, 2.05) is 30.3 Å². The van der Waals surface area contributed by atoms with Gasteiger partial charge in [-0.05, 0) is 36.2 Å². The number of para-hydroxylation sites is 1. The number of ether oxygens (including phenoxy) is 3. The zero-order chi connectivity index (χ0) is 25.7. The Bertz CT molecular complexity index is 1250. The normalized spacial score (nSPS) is 17.1. The lowest BCUT2D eigenvalue weighted by Gasteiger charge is -2.23. The number of hydrogen-bond acceptors (Lipinski definition) is 8. The Kier molecular flexibility index (Phi) is 8.43. The van der Waals surface area contributed by atoms with E-state index in [1.54, 1.807) is 26.5 Å². The highest BCUT2D eigenvalue weighted by Gasteiger charge is 2.34. The van der Waals surface area contributed by atoms with Crippen LogP contribution >= 0.6 is 23.4 Å². The predicted octanol–water partition coefficient (Wildman–Crippen LogP) is 5.23. The Morgan fingerprint density at radius 1 is 1.14 bits per heavy atom. The van der Waals surface area contributed by atoms with Crippen LogP contribution in [0.2, 0.25) is 5.02 Å². The van der Waals surface area contributed by atoms with E-state index < -0.39 is 5.25 Å². The second-order valence-corrected chi connectivity index (χ2v) is 9.89. The third kappa shape index (κ3) is 5.79. The first-order chi connectivity index (χ1) is 17.4. The number of nitrogens with zero attached hydrogens (tertiary/aromatic N) is 1. The van der Waals surface area contributed by atoms with E-state index in [2.05, 4.69) is 15.0 Å². The van der Waals surface area contributed by atoms with Crippen molar-refractivity contribution in [2.45, 2.75) is 36.2 Å². The number of halogens is 1. The summed E-state index contributed by atoms with van der Waals surface area (Å²) in [5.41, 5.74) is 2.47. The predicted molar refractivity (Wildman–Crippen MR) is 138 cm³/mol. The smallest absolute Gasteiger partial charge is 0.305 e. The van der Waals surface area contributed by atoms with Gasteiger partial charge in [0.2, 0.25) is 5.91 Å². The standard InChI is InChI=1S/C26H27ClN2O6S/c1-32-20-6-4-5-17(24(20)34-3)25-18-13-15(27)7-9-19(18)29-26(31)21(36-25)10-11-22-28-14-16(35-22)8-12-23(30)33-2/h4-7,9,13-14,21,25H,8,10-12H2,1-3H3,(H,29,31)/t21-,25-/m1/s1. The van der Waals surface area contributed by atoms with Gasteiger partial charge in [-0.3, -0.25) is 9.59 Å². The van der Waals surface area contributed by atoms with Crippen molar-refractivity contribution in [1.82, 2.24) is 4.98 Å². The molecule has 0 saturated heterocycles. The SMILES string of the molecule is COC(=O)CCc1cnc(CC[C@H]2S[C@H](c3cccc(OC)c3OC)c3cc(Cl)ccc3NC2=O)o1. The highest BCUT2D eigenvalue weighted by atomic mass is 35.5. The second-order valence-electron chi connectivity index (χ2n) is 8.14. The molecule has 1 aromatic heterocycles. The second kappa shape index (κ2) is 11.7. The first-order valence-corrected chi connectivity index (χ1v) is 12.7. The van der Waals surface area contributed by atoms with Crippen LogP contribution in [0, 0.1) is 0 Å². The molecule has 0 saturated carbocycles. The van der Waals surface area contributed by atoms with Crippen LogP contribution in [0.1, 0.15) is 40.9 Å². The van der Waals surface area contributed by atoms with E-state index >= 15 is 0 Å². The molecule has 4 rings (SSSR count). The van der Waals surface area contributed by atoms with Crippen LogP contribution in [0.3, 0.4) is 0 Å². The lowest BCUT2D eigenvalue weighted by molar-refractivity contribution is -0.140. The number of aromatic nitrogens is 1. The van der Waals surface area contributed by atoms with Crippen molar-refractivity contribution in [1.29, 1.82) is 0 Å². The molecular weight excluding hydrogens is 504 g/mol. The summed E-state index contributed by atoms with van der Waals surface area (Å²) in [4.78, 5) is 28.9. The molecule has 1 N–H and O–H groups in total. The van der Waals surface area contributed by atoms with E-state index in [1.165, 1.54) is 18.9 Å².